The normalized spacial score (nSPS) is 19.5. The molecule has 0 aliphatic carbocycles. The molecule has 0 unspecified atom stereocenters. The SMILES string of the molecule is C=CC(=O)[C@H]1CC(=O)N(c2ccc(C)cc2)C1. The minimum absolute atomic E-state index is 0.00838. The molecule has 1 amide bonds. The van der Waals surface area contributed by atoms with Gasteiger partial charge in [-0.3, -0.25) is 9.59 Å². The number of hydrogen-bond donors (Lipinski definition) is 0. The van der Waals surface area contributed by atoms with Crippen LogP contribution in [0.1, 0.15) is 12.0 Å². The van der Waals surface area contributed by atoms with Crippen LogP contribution in [0.3, 0.4) is 0 Å². The van der Waals surface area contributed by atoms with Crippen molar-refractivity contribution in [3.8, 4) is 0 Å². The molecule has 0 saturated carbocycles. The highest BCUT2D eigenvalue weighted by atomic mass is 16.2. The summed E-state index contributed by atoms with van der Waals surface area (Å²) in [6, 6.07) is 7.75. The minimum Gasteiger partial charge on any atom is -0.312 e. The van der Waals surface area contributed by atoms with Gasteiger partial charge in [0.25, 0.3) is 0 Å². The Morgan fingerprint density at radius 1 is 1.41 bits per heavy atom. The van der Waals surface area contributed by atoms with Crippen LogP contribution < -0.4 is 4.90 Å². The molecule has 0 spiro atoms. The van der Waals surface area contributed by atoms with Gasteiger partial charge in [-0.15, -0.1) is 0 Å². The standard InChI is InChI=1S/C14H15NO2/c1-3-13(16)11-8-14(17)15(9-11)12-6-4-10(2)5-7-12/h3-7,11H,1,8-9H2,2H3/t11-/m0/s1. The van der Waals surface area contributed by atoms with Crippen LogP contribution in [0.15, 0.2) is 36.9 Å². The van der Waals surface area contributed by atoms with Gasteiger partial charge in [0.2, 0.25) is 5.91 Å². The monoisotopic (exact) mass is 229 g/mol. The Bertz CT molecular complexity index is 462. The van der Waals surface area contributed by atoms with Crippen LogP contribution in [0.4, 0.5) is 5.69 Å². The second-order valence-electron chi connectivity index (χ2n) is 4.35. The summed E-state index contributed by atoms with van der Waals surface area (Å²) >= 11 is 0. The predicted octanol–water partition coefficient (Wildman–Crippen LogP) is 2.10. The van der Waals surface area contributed by atoms with Gasteiger partial charge >= 0.3 is 0 Å². The van der Waals surface area contributed by atoms with Gasteiger partial charge in [0, 0.05) is 24.6 Å². The fourth-order valence-electron chi connectivity index (χ4n) is 2.04. The maximum absolute atomic E-state index is 11.8. The van der Waals surface area contributed by atoms with Crippen LogP contribution in [-0.2, 0) is 9.59 Å². The van der Waals surface area contributed by atoms with E-state index in [0.717, 1.165) is 11.3 Å². The Labute approximate surface area is 101 Å². The second kappa shape index (κ2) is 4.53. The van der Waals surface area contributed by atoms with Crippen molar-refractivity contribution in [3.05, 3.63) is 42.5 Å². The summed E-state index contributed by atoms with van der Waals surface area (Å²) in [5.74, 6) is -0.275. The number of aryl methyl sites for hydroxylation is 1. The molecule has 0 bridgehead atoms. The molecule has 1 aromatic rings. The Morgan fingerprint density at radius 2 is 2.06 bits per heavy atom. The summed E-state index contributed by atoms with van der Waals surface area (Å²) in [6.45, 7) is 5.92. The van der Waals surface area contributed by atoms with Crippen molar-refractivity contribution in [3.63, 3.8) is 0 Å². The first kappa shape index (κ1) is 11.6. The fraction of sp³-hybridized carbons (Fsp3) is 0.286. The number of hydrogen-bond acceptors (Lipinski definition) is 2. The third-order valence-electron chi connectivity index (χ3n) is 3.07. The van der Waals surface area contributed by atoms with Crippen molar-refractivity contribution < 1.29 is 9.59 Å². The smallest absolute Gasteiger partial charge is 0.227 e. The van der Waals surface area contributed by atoms with E-state index >= 15 is 0 Å². The second-order valence-corrected chi connectivity index (χ2v) is 4.35. The fourth-order valence-corrected chi connectivity index (χ4v) is 2.04. The van der Waals surface area contributed by atoms with Crippen molar-refractivity contribution in [1.29, 1.82) is 0 Å². The molecule has 1 aromatic carbocycles. The predicted molar refractivity (Wildman–Crippen MR) is 66.8 cm³/mol. The first-order chi connectivity index (χ1) is 8.11. The van der Waals surface area contributed by atoms with Crippen LogP contribution in [0.2, 0.25) is 0 Å². The Kier molecular flexibility index (Phi) is 3.09. The van der Waals surface area contributed by atoms with Crippen LogP contribution >= 0.6 is 0 Å². The lowest BCUT2D eigenvalue weighted by atomic mass is 10.0. The lowest BCUT2D eigenvalue weighted by Crippen LogP contribution is -2.25. The molecular formula is C14H15NO2. The highest BCUT2D eigenvalue weighted by Crippen LogP contribution is 2.25. The summed E-state index contributed by atoms with van der Waals surface area (Å²) in [6.07, 6.45) is 1.59. The number of anilines is 1. The largest absolute Gasteiger partial charge is 0.312 e. The number of amides is 1. The van der Waals surface area contributed by atoms with Gasteiger partial charge in [0.1, 0.15) is 0 Å². The molecule has 1 aliphatic heterocycles. The molecule has 3 heteroatoms. The van der Waals surface area contributed by atoms with E-state index in [9.17, 15) is 9.59 Å². The highest BCUT2D eigenvalue weighted by molar-refractivity contribution is 6.03. The van der Waals surface area contributed by atoms with E-state index in [1.165, 1.54) is 6.08 Å². The minimum atomic E-state index is -0.235. The highest BCUT2D eigenvalue weighted by Gasteiger charge is 2.33. The Hall–Kier alpha value is -1.90. The first-order valence-corrected chi connectivity index (χ1v) is 5.65. The Morgan fingerprint density at radius 3 is 2.65 bits per heavy atom. The molecule has 0 radical (unpaired) electrons. The third-order valence-corrected chi connectivity index (χ3v) is 3.07. The average Bonchev–Trinajstić information content (AvgIpc) is 2.71. The Balaban J connectivity index is 2.18. The molecule has 2 rings (SSSR count). The molecule has 88 valence electrons. The molecule has 1 heterocycles. The summed E-state index contributed by atoms with van der Waals surface area (Å²) in [7, 11) is 0. The molecule has 17 heavy (non-hydrogen) atoms. The van der Waals surface area contributed by atoms with E-state index in [1.807, 2.05) is 31.2 Å². The van der Waals surface area contributed by atoms with E-state index in [-0.39, 0.29) is 17.6 Å². The van der Waals surface area contributed by atoms with Crippen molar-refractivity contribution >= 4 is 17.4 Å². The molecule has 1 fully saturated rings. The zero-order valence-electron chi connectivity index (χ0n) is 9.85. The summed E-state index contributed by atoms with van der Waals surface area (Å²) in [5, 5.41) is 0. The van der Waals surface area contributed by atoms with Gasteiger partial charge in [-0.2, -0.15) is 0 Å². The van der Waals surface area contributed by atoms with Gasteiger partial charge in [0.05, 0.1) is 0 Å². The lowest BCUT2D eigenvalue weighted by Gasteiger charge is -2.16. The molecule has 0 N–H and O–H groups in total. The topological polar surface area (TPSA) is 37.4 Å². The van der Waals surface area contributed by atoms with Gasteiger partial charge < -0.3 is 4.90 Å². The van der Waals surface area contributed by atoms with E-state index in [4.69, 9.17) is 0 Å². The lowest BCUT2D eigenvalue weighted by molar-refractivity contribution is -0.121. The third kappa shape index (κ3) is 2.28. The quantitative estimate of drug-likeness (QED) is 0.744. The number of benzene rings is 1. The van der Waals surface area contributed by atoms with Crippen molar-refractivity contribution in [2.45, 2.75) is 13.3 Å². The number of allylic oxidation sites excluding steroid dienone is 1. The van der Waals surface area contributed by atoms with E-state index in [1.54, 1.807) is 4.90 Å². The molecular weight excluding hydrogens is 214 g/mol. The molecule has 1 atom stereocenters. The van der Waals surface area contributed by atoms with Gasteiger partial charge in [-0.25, -0.2) is 0 Å². The van der Waals surface area contributed by atoms with Crippen LogP contribution in [0.5, 0.6) is 0 Å². The molecule has 3 nitrogen and oxygen atoms in total. The van der Waals surface area contributed by atoms with Crippen LogP contribution in [-0.4, -0.2) is 18.2 Å². The van der Waals surface area contributed by atoms with E-state index in [2.05, 4.69) is 6.58 Å². The zero-order chi connectivity index (χ0) is 12.4. The average molecular weight is 229 g/mol. The number of carbonyl (C=O) groups is 2. The zero-order valence-corrected chi connectivity index (χ0v) is 9.85. The van der Waals surface area contributed by atoms with Crippen molar-refractivity contribution in [2.24, 2.45) is 5.92 Å². The number of nitrogens with zero attached hydrogens (tertiary/aromatic N) is 1. The van der Waals surface area contributed by atoms with Gasteiger partial charge in [-0.05, 0) is 25.1 Å². The number of rotatable bonds is 3. The van der Waals surface area contributed by atoms with E-state index in [0.29, 0.717) is 13.0 Å². The first-order valence-electron chi connectivity index (χ1n) is 5.65. The van der Waals surface area contributed by atoms with Crippen LogP contribution in [0, 0.1) is 12.8 Å². The molecule has 0 aromatic heterocycles. The molecule has 1 saturated heterocycles. The maximum atomic E-state index is 11.8. The van der Waals surface area contributed by atoms with Crippen molar-refractivity contribution in [1.82, 2.24) is 0 Å². The number of ketones is 1. The van der Waals surface area contributed by atoms with Crippen molar-refractivity contribution in [2.75, 3.05) is 11.4 Å². The summed E-state index contributed by atoms with van der Waals surface area (Å²) in [4.78, 5) is 25.0. The summed E-state index contributed by atoms with van der Waals surface area (Å²) in [5.41, 5.74) is 2.01. The van der Waals surface area contributed by atoms with Gasteiger partial charge in [0.15, 0.2) is 5.78 Å². The number of carbonyl (C=O) groups excluding carboxylic acids is 2. The molecule has 1 aliphatic rings. The van der Waals surface area contributed by atoms with Crippen LogP contribution in [0.25, 0.3) is 0 Å². The van der Waals surface area contributed by atoms with E-state index < -0.39 is 0 Å². The maximum Gasteiger partial charge on any atom is 0.227 e. The van der Waals surface area contributed by atoms with Gasteiger partial charge in [-0.1, -0.05) is 24.3 Å². The summed E-state index contributed by atoms with van der Waals surface area (Å²) < 4.78 is 0.